The van der Waals surface area contributed by atoms with Gasteiger partial charge < -0.3 is 14.5 Å². The Labute approximate surface area is 178 Å². The predicted octanol–water partition coefficient (Wildman–Crippen LogP) is 4.56. The van der Waals surface area contributed by atoms with Crippen LogP contribution in [0.1, 0.15) is 50.3 Å². The molecule has 1 fully saturated rings. The highest BCUT2D eigenvalue weighted by atomic mass is 19.1. The number of amides is 1. The van der Waals surface area contributed by atoms with E-state index in [1.807, 2.05) is 13.8 Å². The average Bonchev–Trinajstić information content (AvgIpc) is 3.47. The molecule has 0 saturated heterocycles. The minimum atomic E-state index is -0.415. The normalized spacial score (nSPS) is 13.7. The summed E-state index contributed by atoms with van der Waals surface area (Å²) in [5.74, 6) is 0.0646. The van der Waals surface area contributed by atoms with E-state index in [9.17, 15) is 4.79 Å². The Bertz CT molecular complexity index is 1230. The predicted molar refractivity (Wildman–Crippen MR) is 116 cm³/mol. The molecule has 0 spiro atoms. The molecule has 31 heavy (non-hydrogen) atoms. The lowest BCUT2D eigenvalue weighted by atomic mass is 9.95. The highest BCUT2D eigenvalue weighted by Gasteiger charge is 2.24. The summed E-state index contributed by atoms with van der Waals surface area (Å²) >= 11 is 0. The van der Waals surface area contributed by atoms with Gasteiger partial charge in [0.1, 0.15) is 5.82 Å². The summed E-state index contributed by atoms with van der Waals surface area (Å²) < 4.78 is 22.7. The number of hydrogen-bond donors (Lipinski definition) is 2. The van der Waals surface area contributed by atoms with Crippen LogP contribution in [-0.2, 0) is 9.53 Å². The quantitative estimate of drug-likeness (QED) is 0.443. The minimum Gasteiger partial charge on any atom is -0.374 e. The number of carbonyl (C=O) groups excluding carboxylic acids is 1. The van der Waals surface area contributed by atoms with E-state index in [2.05, 4.69) is 25.5 Å². The van der Waals surface area contributed by atoms with Crippen LogP contribution in [0.3, 0.4) is 0 Å². The van der Waals surface area contributed by atoms with Crippen LogP contribution in [0.15, 0.2) is 24.8 Å². The molecule has 1 saturated carbocycles. The Kier molecular flexibility index (Phi) is 5.94. The van der Waals surface area contributed by atoms with Gasteiger partial charge in [-0.2, -0.15) is 5.10 Å². The van der Waals surface area contributed by atoms with Crippen LogP contribution in [0.2, 0.25) is 0 Å². The molecule has 1 aliphatic rings. The van der Waals surface area contributed by atoms with Gasteiger partial charge in [-0.1, -0.05) is 19.3 Å². The van der Waals surface area contributed by atoms with Crippen molar-refractivity contribution in [2.75, 3.05) is 11.9 Å². The van der Waals surface area contributed by atoms with Crippen molar-refractivity contribution in [1.29, 1.82) is 0 Å². The first-order chi connectivity index (χ1) is 15.0. The van der Waals surface area contributed by atoms with Crippen molar-refractivity contribution >= 4 is 28.8 Å². The van der Waals surface area contributed by atoms with Gasteiger partial charge in [-0.05, 0) is 26.3 Å². The van der Waals surface area contributed by atoms with Crippen molar-refractivity contribution in [1.82, 2.24) is 24.6 Å². The van der Waals surface area contributed by atoms with E-state index in [0.29, 0.717) is 52.4 Å². The van der Waals surface area contributed by atoms with Crippen LogP contribution in [0, 0.1) is 12.7 Å². The Morgan fingerprint density at radius 3 is 2.77 bits per heavy atom. The first-order valence-corrected chi connectivity index (χ1v) is 10.4. The topological polar surface area (TPSA) is 97.2 Å². The Morgan fingerprint density at radius 2 is 2.10 bits per heavy atom. The van der Waals surface area contributed by atoms with Gasteiger partial charge in [0.15, 0.2) is 11.5 Å². The van der Waals surface area contributed by atoms with Gasteiger partial charge in [-0.3, -0.25) is 14.9 Å². The summed E-state index contributed by atoms with van der Waals surface area (Å²) in [7, 11) is 0. The Hall–Kier alpha value is -3.33. The molecule has 9 heteroatoms. The lowest BCUT2D eigenvalue weighted by Crippen LogP contribution is -2.07. The van der Waals surface area contributed by atoms with Crippen molar-refractivity contribution in [2.24, 2.45) is 0 Å². The lowest BCUT2D eigenvalue weighted by molar-refractivity contribution is -0.105. The number of aromatic nitrogens is 5. The van der Waals surface area contributed by atoms with E-state index >= 15 is 4.39 Å². The molecule has 1 unspecified atom stereocenters. The highest BCUT2D eigenvalue weighted by molar-refractivity contribution is 5.97. The van der Waals surface area contributed by atoms with Crippen molar-refractivity contribution < 1.29 is 13.9 Å². The third kappa shape index (κ3) is 4.13. The first kappa shape index (κ1) is 20.9. The van der Waals surface area contributed by atoms with Crippen LogP contribution in [0.5, 0.6) is 0 Å². The number of rotatable bonds is 6. The van der Waals surface area contributed by atoms with Crippen molar-refractivity contribution in [3.8, 4) is 11.3 Å². The van der Waals surface area contributed by atoms with Gasteiger partial charge in [0.2, 0.25) is 6.41 Å². The van der Waals surface area contributed by atoms with E-state index in [0.717, 1.165) is 5.39 Å². The number of ether oxygens (including phenoxy) is 1. The van der Waals surface area contributed by atoms with Gasteiger partial charge >= 0.3 is 0 Å². The van der Waals surface area contributed by atoms with E-state index < -0.39 is 6.10 Å². The van der Waals surface area contributed by atoms with Crippen LogP contribution >= 0.6 is 0 Å². The largest absolute Gasteiger partial charge is 0.374 e. The number of imidazole rings is 1. The maximum Gasteiger partial charge on any atom is 0.212 e. The zero-order chi connectivity index (χ0) is 22.0. The number of H-pyrrole nitrogens is 1. The SMILES string of the molecule is C1CC1.CCOC(C)c1c(F)c(C)c(-c2cn3cc(NC=O)nc3cn2)c2cn[nH]c12. The van der Waals surface area contributed by atoms with Crippen LogP contribution in [-0.4, -0.2) is 37.6 Å². The number of anilines is 1. The van der Waals surface area contributed by atoms with E-state index in [1.54, 1.807) is 36.1 Å². The van der Waals surface area contributed by atoms with Crippen LogP contribution < -0.4 is 5.32 Å². The van der Waals surface area contributed by atoms with Crippen LogP contribution in [0.25, 0.3) is 27.8 Å². The van der Waals surface area contributed by atoms with E-state index in [1.165, 1.54) is 19.3 Å². The zero-order valence-electron chi connectivity index (χ0n) is 17.8. The second-order valence-corrected chi connectivity index (χ2v) is 7.47. The second-order valence-electron chi connectivity index (χ2n) is 7.47. The first-order valence-electron chi connectivity index (χ1n) is 10.4. The number of benzene rings is 1. The number of carbonyl (C=O) groups is 1. The van der Waals surface area contributed by atoms with E-state index in [-0.39, 0.29) is 5.82 Å². The highest BCUT2D eigenvalue weighted by Crippen LogP contribution is 2.37. The molecule has 4 aromatic rings. The molecule has 0 bridgehead atoms. The molecule has 3 aromatic heterocycles. The third-order valence-electron chi connectivity index (χ3n) is 5.10. The summed E-state index contributed by atoms with van der Waals surface area (Å²) in [6, 6.07) is 0. The molecule has 3 heterocycles. The maximum absolute atomic E-state index is 15.3. The number of halogens is 1. The zero-order valence-corrected chi connectivity index (χ0v) is 17.8. The second kappa shape index (κ2) is 8.81. The molecule has 1 aliphatic carbocycles. The third-order valence-corrected chi connectivity index (χ3v) is 5.10. The fraction of sp³-hybridized carbons (Fsp3) is 0.364. The monoisotopic (exact) mass is 424 g/mol. The molecule has 0 radical (unpaired) electrons. The summed E-state index contributed by atoms with van der Waals surface area (Å²) in [6.45, 7) is 5.89. The van der Waals surface area contributed by atoms with Gasteiger partial charge in [0.05, 0.1) is 35.9 Å². The van der Waals surface area contributed by atoms with Gasteiger partial charge in [0.25, 0.3) is 0 Å². The van der Waals surface area contributed by atoms with Crippen LogP contribution in [0.4, 0.5) is 10.2 Å². The summed E-state index contributed by atoms with van der Waals surface area (Å²) in [6.07, 6.45) is 11.3. The molecular weight excluding hydrogens is 399 g/mol. The van der Waals surface area contributed by atoms with Gasteiger partial charge in [0, 0.05) is 29.3 Å². The number of nitrogens with zero attached hydrogens (tertiary/aromatic N) is 4. The smallest absolute Gasteiger partial charge is 0.212 e. The summed E-state index contributed by atoms with van der Waals surface area (Å²) in [5, 5.41) is 10.3. The van der Waals surface area contributed by atoms with Crippen molar-refractivity contribution in [2.45, 2.75) is 46.1 Å². The number of hydrogen-bond acceptors (Lipinski definition) is 5. The molecule has 1 aromatic carbocycles. The Balaban J connectivity index is 0.000000710. The molecule has 2 N–H and O–H groups in total. The molecule has 1 atom stereocenters. The fourth-order valence-corrected chi connectivity index (χ4v) is 3.51. The maximum atomic E-state index is 15.3. The number of aromatic amines is 1. The molecule has 5 rings (SSSR count). The lowest BCUT2D eigenvalue weighted by Gasteiger charge is -2.18. The molecule has 162 valence electrons. The summed E-state index contributed by atoms with van der Waals surface area (Å²) in [4.78, 5) is 19.3. The average molecular weight is 424 g/mol. The number of fused-ring (bicyclic) bond motifs is 2. The molecular formula is C22H25FN6O2. The number of nitrogens with one attached hydrogen (secondary N) is 2. The standard InChI is InChI=1S/C19H19FN6O2.C3H6/c1-4-28-11(3)17-18(20)10(2)16(12-5-23-25-19(12)17)13-7-26-8-14(22-9-27)24-15(26)6-21-13;1-2-3-1/h5-9,11H,4H2,1-3H3,(H,22,27)(H,23,25);1-3H2. The van der Waals surface area contributed by atoms with E-state index in [4.69, 9.17) is 4.74 Å². The molecule has 0 aliphatic heterocycles. The molecule has 1 amide bonds. The van der Waals surface area contributed by atoms with Gasteiger partial charge in [-0.15, -0.1) is 0 Å². The Morgan fingerprint density at radius 1 is 1.32 bits per heavy atom. The summed E-state index contributed by atoms with van der Waals surface area (Å²) in [5.41, 5.74) is 3.30. The van der Waals surface area contributed by atoms with Crippen molar-refractivity contribution in [3.05, 3.63) is 41.7 Å². The fourth-order valence-electron chi connectivity index (χ4n) is 3.51. The molecule has 8 nitrogen and oxygen atoms in total. The van der Waals surface area contributed by atoms with Gasteiger partial charge in [-0.25, -0.2) is 9.37 Å². The minimum absolute atomic E-state index is 0.344. The van der Waals surface area contributed by atoms with Crippen molar-refractivity contribution in [3.63, 3.8) is 0 Å².